The molecule has 15 heteroatoms. The van der Waals surface area contributed by atoms with Crippen LogP contribution in [0.15, 0.2) is 35.3 Å². The Balaban J connectivity index is 3.07. The first-order valence-corrected chi connectivity index (χ1v) is 13.4. The molecule has 0 aromatic heterocycles. The van der Waals surface area contributed by atoms with E-state index in [4.69, 9.17) is 28.7 Å². The number of carbonyl (C=O) groups is 5. The predicted octanol–water partition coefficient (Wildman–Crippen LogP) is -2.46. The van der Waals surface area contributed by atoms with Gasteiger partial charge in [0.05, 0.1) is 6.04 Å². The van der Waals surface area contributed by atoms with Crippen LogP contribution in [0, 0.1) is 0 Å². The first-order valence-electron chi connectivity index (χ1n) is 13.4. The Kier molecular flexibility index (Phi) is 16.1. The number of amides is 4. The standard InChI is InChI=1S/C26H43N9O6/c27-13-5-4-9-17(28)22(37)35-20(15-16-7-2-1-3-8-16)24(39)33-18(11-12-21(29)36)23(38)34-19(25(40)41)10-6-14-32-26(30)31/h1-3,7-8,17-20H,4-6,9-15,27-28H2,(H2,29,36)(H,33,39)(H,34,38)(H,35,37)(H,40,41)(H4,30,31,32). The third kappa shape index (κ3) is 14.6. The minimum absolute atomic E-state index is 0.00305. The lowest BCUT2D eigenvalue weighted by Crippen LogP contribution is -2.57. The summed E-state index contributed by atoms with van der Waals surface area (Å²) in [5.41, 5.74) is 28.0. The Morgan fingerprint density at radius 1 is 0.780 bits per heavy atom. The normalized spacial score (nSPS) is 13.6. The van der Waals surface area contributed by atoms with Gasteiger partial charge in [-0.25, -0.2) is 4.79 Å². The third-order valence-electron chi connectivity index (χ3n) is 6.09. The highest BCUT2D eigenvalue weighted by Gasteiger charge is 2.30. The molecule has 4 amide bonds. The Labute approximate surface area is 239 Å². The topological polar surface area (TPSA) is 284 Å². The Morgan fingerprint density at radius 3 is 1.98 bits per heavy atom. The number of nitrogens with one attached hydrogen (secondary N) is 3. The van der Waals surface area contributed by atoms with Crippen LogP contribution in [-0.4, -0.2) is 77.9 Å². The van der Waals surface area contributed by atoms with Gasteiger partial charge in [0.1, 0.15) is 18.1 Å². The minimum Gasteiger partial charge on any atom is -0.480 e. The number of benzene rings is 1. The molecule has 0 spiro atoms. The van der Waals surface area contributed by atoms with E-state index >= 15 is 0 Å². The number of primary amides is 1. The summed E-state index contributed by atoms with van der Waals surface area (Å²) in [6.07, 6.45) is 1.57. The second-order valence-electron chi connectivity index (χ2n) is 9.56. The lowest BCUT2D eigenvalue weighted by Gasteiger charge is -2.25. The summed E-state index contributed by atoms with van der Waals surface area (Å²) in [6, 6.07) is 4.25. The van der Waals surface area contributed by atoms with E-state index < -0.39 is 53.8 Å². The van der Waals surface area contributed by atoms with E-state index in [-0.39, 0.29) is 44.6 Å². The molecule has 0 radical (unpaired) electrons. The maximum Gasteiger partial charge on any atom is 0.326 e. The molecular formula is C26H43N9O6. The van der Waals surface area contributed by atoms with Crippen LogP contribution < -0.4 is 44.6 Å². The highest BCUT2D eigenvalue weighted by Crippen LogP contribution is 2.08. The second kappa shape index (κ2) is 18.9. The zero-order valence-electron chi connectivity index (χ0n) is 23.1. The maximum absolute atomic E-state index is 13.4. The van der Waals surface area contributed by atoms with Crippen molar-refractivity contribution in [2.24, 2.45) is 33.7 Å². The van der Waals surface area contributed by atoms with Gasteiger partial charge in [-0.3, -0.25) is 24.2 Å². The van der Waals surface area contributed by atoms with Crippen molar-refractivity contribution in [3.63, 3.8) is 0 Å². The average molecular weight is 578 g/mol. The van der Waals surface area contributed by atoms with E-state index in [0.29, 0.717) is 25.8 Å². The molecule has 0 bridgehead atoms. The molecule has 4 atom stereocenters. The summed E-state index contributed by atoms with van der Waals surface area (Å²) in [4.78, 5) is 66.2. The van der Waals surface area contributed by atoms with Gasteiger partial charge < -0.3 is 49.7 Å². The van der Waals surface area contributed by atoms with Gasteiger partial charge >= 0.3 is 5.97 Å². The van der Waals surface area contributed by atoms with Gasteiger partial charge in [0.2, 0.25) is 23.6 Å². The molecule has 1 aromatic carbocycles. The zero-order valence-corrected chi connectivity index (χ0v) is 23.1. The summed E-state index contributed by atoms with van der Waals surface area (Å²) < 4.78 is 0. The number of carbonyl (C=O) groups excluding carboxylic acids is 4. The highest BCUT2D eigenvalue weighted by molar-refractivity contribution is 5.94. The van der Waals surface area contributed by atoms with Crippen molar-refractivity contribution in [3.8, 4) is 0 Å². The molecule has 0 aliphatic rings. The van der Waals surface area contributed by atoms with Crippen LogP contribution >= 0.6 is 0 Å². The van der Waals surface area contributed by atoms with Gasteiger partial charge in [0.15, 0.2) is 5.96 Å². The fraction of sp³-hybridized carbons (Fsp3) is 0.538. The largest absolute Gasteiger partial charge is 0.480 e. The van der Waals surface area contributed by atoms with Crippen molar-refractivity contribution in [1.29, 1.82) is 0 Å². The van der Waals surface area contributed by atoms with Gasteiger partial charge in [-0.1, -0.05) is 36.8 Å². The molecule has 1 aromatic rings. The highest BCUT2D eigenvalue weighted by atomic mass is 16.4. The van der Waals surface area contributed by atoms with Gasteiger partial charge in [-0.15, -0.1) is 0 Å². The molecule has 0 aliphatic heterocycles. The monoisotopic (exact) mass is 577 g/mol. The molecule has 1 rings (SSSR count). The van der Waals surface area contributed by atoms with E-state index in [1.54, 1.807) is 30.3 Å². The van der Waals surface area contributed by atoms with E-state index in [1.807, 2.05) is 0 Å². The fourth-order valence-electron chi connectivity index (χ4n) is 3.84. The van der Waals surface area contributed by atoms with E-state index in [0.717, 1.165) is 5.56 Å². The number of hydrogen-bond donors (Lipinski definition) is 9. The molecule has 0 heterocycles. The molecule has 0 saturated heterocycles. The maximum atomic E-state index is 13.4. The van der Waals surface area contributed by atoms with Crippen LogP contribution in [0.2, 0.25) is 0 Å². The van der Waals surface area contributed by atoms with Crippen molar-refractivity contribution in [1.82, 2.24) is 16.0 Å². The number of nitrogens with zero attached hydrogens (tertiary/aromatic N) is 1. The number of nitrogens with two attached hydrogens (primary N) is 5. The SMILES string of the molecule is NCCCCC(N)C(=O)NC(Cc1ccccc1)C(=O)NC(CCC(N)=O)C(=O)NC(CCCN=C(N)N)C(=O)O. The molecular weight excluding hydrogens is 534 g/mol. The summed E-state index contributed by atoms with van der Waals surface area (Å²) in [5.74, 6) is -4.29. The summed E-state index contributed by atoms with van der Waals surface area (Å²) in [5, 5.41) is 17.1. The van der Waals surface area contributed by atoms with Crippen LogP contribution in [0.1, 0.15) is 50.5 Å². The molecule has 0 fully saturated rings. The number of carboxylic acid groups (broad SMARTS) is 1. The first-order chi connectivity index (χ1) is 19.4. The first kappa shape index (κ1) is 34.8. The summed E-state index contributed by atoms with van der Waals surface area (Å²) in [7, 11) is 0. The van der Waals surface area contributed by atoms with Gasteiger partial charge in [0.25, 0.3) is 0 Å². The second-order valence-corrected chi connectivity index (χ2v) is 9.56. The number of guanidine groups is 1. The molecule has 15 nitrogen and oxygen atoms in total. The lowest BCUT2D eigenvalue weighted by molar-refractivity contribution is -0.142. The smallest absolute Gasteiger partial charge is 0.326 e. The van der Waals surface area contributed by atoms with Crippen LogP contribution in [0.4, 0.5) is 0 Å². The van der Waals surface area contributed by atoms with Gasteiger partial charge in [-0.2, -0.15) is 0 Å². The number of hydrogen-bond acceptors (Lipinski definition) is 8. The molecule has 0 saturated carbocycles. The Hall–Kier alpha value is -4.24. The van der Waals surface area contributed by atoms with E-state index in [2.05, 4.69) is 20.9 Å². The summed E-state index contributed by atoms with van der Waals surface area (Å²) in [6.45, 7) is 0.611. The third-order valence-corrected chi connectivity index (χ3v) is 6.09. The quantitative estimate of drug-likeness (QED) is 0.0447. The van der Waals surface area contributed by atoms with Gasteiger partial charge in [-0.05, 0) is 44.2 Å². The van der Waals surface area contributed by atoms with Crippen LogP contribution in [0.5, 0.6) is 0 Å². The van der Waals surface area contributed by atoms with Crippen molar-refractivity contribution in [3.05, 3.63) is 35.9 Å². The number of aliphatic carboxylic acids is 1. The molecule has 0 aliphatic carbocycles. The number of carboxylic acids is 1. The van der Waals surface area contributed by atoms with Crippen molar-refractivity contribution >= 4 is 35.6 Å². The Bertz CT molecular complexity index is 1030. The number of rotatable bonds is 20. The van der Waals surface area contributed by atoms with Crippen LogP contribution in [0.25, 0.3) is 0 Å². The van der Waals surface area contributed by atoms with Gasteiger partial charge in [0, 0.05) is 19.4 Å². The van der Waals surface area contributed by atoms with Crippen molar-refractivity contribution in [2.75, 3.05) is 13.1 Å². The minimum atomic E-state index is -1.32. The number of aliphatic imine (C=N–C) groups is 1. The van der Waals surface area contributed by atoms with E-state index in [9.17, 15) is 29.1 Å². The zero-order chi connectivity index (χ0) is 30.8. The molecule has 4 unspecified atom stereocenters. The summed E-state index contributed by atoms with van der Waals surface area (Å²) >= 11 is 0. The molecule has 41 heavy (non-hydrogen) atoms. The van der Waals surface area contributed by atoms with Crippen molar-refractivity contribution in [2.45, 2.75) is 75.5 Å². The predicted molar refractivity (Wildman–Crippen MR) is 153 cm³/mol. The fourth-order valence-corrected chi connectivity index (χ4v) is 3.84. The lowest BCUT2D eigenvalue weighted by atomic mass is 10.0. The molecule has 14 N–H and O–H groups in total. The number of unbranched alkanes of at least 4 members (excludes halogenated alkanes) is 1. The Morgan fingerprint density at radius 2 is 1.39 bits per heavy atom. The van der Waals surface area contributed by atoms with Crippen LogP contribution in [-0.2, 0) is 30.4 Å². The van der Waals surface area contributed by atoms with Crippen molar-refractivity contribution < 1.29 is 29.1 Å². The molecule has 228 valence electrons. The van der Waals surface area contributed by atoms with Crippen LogP contribution in [0.3, 0.4) is 0 Å². The average Bonchev–Trinajstić information content (AvgIpc) is 2.92. The van der Waals surface area contributed by atoms with E-state index in [1.165, 1.54) is 0 Å².